The van der Waals surface area contributed by atoms with Gasteiger partial charge in [-0.1, -0.05) is 31.0 Å². The van der Waals surface area contributed by atoms with E-state index in [1.54, 1.807) is 4.90 Å². The Kier molecular flexibility index (Phi) is 4.23. The minimum atomic E-state index is -0.295. The molecule has 0 aromatic heterocycles. The van der Waals surface area contributed by atoms with Crippen molar-refractivity contribution in [3.8, 4) is 0 Å². The highest BCUT2D eigenvalue weighted by molar-refractivity contribution is 5.97. The van der Waals surface area contributed by atoms with Crippen molar-refractivity contribution in [3.05, 3.63) is 35.9 Å². The summed E-state index contributed by atoms with van der Waals surface area (Å²) in [5.41, 5.74) is 0.662. The first kappa shape index (κ1) is 14.1. The van der Waals surface area contributed by atoms with E-state index in [1.807, 2.05) is 30.3 Å². The van der Waals surface area contributed by atoms with Crippen LogP contribution in [0.1, 0.15) is 42.5 Å². The molecule has 1 aliphatic carbocycles. The molecule has 1 N–H and O–H groups in total. The fourth-order valence-electron chi connectivity index (χ4n) is 2.95. The van der Waals surface area contributed by atoms with Crippen LogP contribution in [0.15, 0.2) is 30.3 Å². The maximum atomic E-state index is 12.5. The number of benzene rings is 1. The van der Waals surface area contributed by atoms with Gasteiger partial charge in [-0.15, -0.1) is 0 Å². The highest BCUT2D eigenvalue weighted by Gasteiger charge is 2.34. The molecule has 1 saturated carbocycles. The molecule has 2 fully saturated rings. The summed E-state index contributed by atoms with van der Waals surface area (Å²) in [6.07, 6.45) is 5.36. The summed E-state index contributed by atoms with van der Waals surface area (Å²) >= 11 is 0. The van der Waals surface area contributed by atoms with E-state index in [2.05, 4.69) is 5.32 Å². The highest BCUT2D eigenvalue weighted by Crippen LogP contribution is 2.31. The molecule has 0 radical (unpaired) electrons. The third-order valence-corrected chi connectivity index (χ3v) is 4.39. The summed E-state index contributed by atoms with van der Waals surface area (Å²) in [6, 6.07) is 8.92. The van der Waals surface area contributed by atoms with Gasteiger partial charge in [0, 0.05) is 18.7 Å². The number of rotatable bonds is 5. The molecule has 21 heavy (non-hydrogen) atoms. The number of nitrogens with zero attached hydrogens (tertiary/aromatic N) is 1. The van der Waals surface area contributed by atoms with Crippen molar-refractivity contribution in [1.29, 1.82) is 0 Å². The summed E-state index contributed by atoms with van der Waals surface area (Å²) in [7, 11) is 0. The number of hydrogen-bond donors (Lipinski definition) is 1. The second kappa shape index (κ2) is 6.29. The van der Waals surface area contributed by atoms with Gasteiger partial charge < -0.3 is 10.2 Å². The van der Waals surface area contributed by atoms with Crippen molar-refractivity contribution in [2.75, 3.05) is 13.1 Å². The van der Waals surface area contributed by atoms with Crippen LogP contribution in [0.4, 0.5) is 0 Å². The van der Waals surface area contributed by atoms with E-state index in [4.69, 9.17) is 0 Å². The third kappa shape index (κ3) is 3.43. The molecular weight excluding hydrogens is 264 g/mol. The largest absolute Gasteiger partial charge is 0.354 e. The molecule has 1 aromatic rings. The molecule has 2 aliphatic rings. The van der Waals surface area contributed by atoms with E-state index in [1.165, 1.54) is 12.8 Å². The van der Waals surface area contributed by atoms with E-state index < -0.39 is 0 Å². The van der Waals surface area contributed by atoms with Crippen molar-refractivity contribution in [2.45, 2.75) is 38.1 Å². The van der Waals surface area contributed by atoms with Gasteiger partial charge in [0.2, 0.25) is 5.91 Å². The molecule has 1 heterocycles. The van der Waals surface area contributed by atoms with Gasteiger partial charge in [-0.25, -0.2) is 0 Å². The number of hydrogen-bond acceptors (Lipinski definition) is 2. The topological polar surface area (TPSA) is 49.4 Å². The molecule has 0 spiro atoms. The zero-order chi connectivity index (χ0) is 14.7. The molecule has 112 valence electrons. The molecule has 4 nitrogen and oxygen atoms in total. The minimum absolute atomic E-state index is 0.0115. The fraction of sp³-hybridized carbons (Fsp3) is 0.529. The van der Waals surface area contributed by atoms with Gasteiger partial charge in [-0.05, 0) is 37.3 Å². The Balaban J connectivity index is 1.58. The van der Waals surface area contributed by atoms with E-state index in [0.29, 0.717) is 12.1 Å². The Bertz CT molecular complexity index is 511. The second-order valence-corrected chi connectivity index (χ2v) is 6.05. The Morgan fingerprint density at radius 2 is 1.90 bits per heavy atom. The van der Waals surface area contributed by atoms with Crippen LogP contribution in [0.25, 0.3) is 0 Å². The predicted molar refractivity (Wildman–Crippen MR) is 80.9 cm³/mol. The van der Waals surface area contributed by atoms with Gasteiger partial charge in [-0.2, -0.15) is 0 Å². The van der Waals surface area contributed by atoms with Gasteiger partial charge in [0.1, 0.15) is 6.04 Å². The fourth-order valence-corrected chi connectivity index (χ4v) is 2.95. The molecule has 0 bridgehead atoms. The number of likely N-dealkylation sites (tertiary alicyclic amines) is 1. The molecule has 4 heteroatoms. The van der Waals surface area contributed by atoms with Crippen molar-refractivity contribution < 1.29 is 9.59 Å². The molecular formula is C17H22N2O2. The zero-order valence-corrected chi connectivity index (χ0v) is 12.3. The number of carbonyl (C=O) groups excluding carboxylic acids is 2. The molecule has 1 aliphatic heterocycles. The van der Waals surface area contributed by atoms with E-state index >= 15 is 0 Å². The van der Waals surface area contributed by atoms with Crippen LogP contribution < -0.4 is 5.32 Å². The maximum absolute atomic E-state index is 12.5. The van der Waals surface area contributed by atoms with Crippen LogP contribution in [-0.4, -0.2) is 35.8 Å². The van der Waals surface area contributed by atoms with Gasteiger partial charge in [0.15, 0.2) is 0 Å². The average Bonchev–Trinajstić information content (AvgIpc) is 3.21. The Morgan fingerprint density at radius 1 is 1.14 bits per heavy atom. The standard InChI is InChI=1S/C17H22N2O2/c20-16(18-11-10-13-8-9-13)15-7-4-12-19(15)17(21)14-5-2-1-3-6-14/h1-3,5-6,13,15H,4,7-12H2,(H,18,20). The smallest absolute Gasteiger partial charge is 0.254 e. The Hall–Kier alpha value is -1.84. The third-order valence-electron chi connectivity index (χ3n) is 4.39. The lowest BCUT2D eigenvalue weighted by Crippen LogP contribution is -2.46. The molecule has 1 aromatic carbocycles. The minimum Gasteiger partial charge on any atom is -0.354 e. The molecule has 2 amide bonds. The average molecular weight is 286 g/mol. The first-order chi connectivity index (χ1) is 10.3. The maximum Gasteiger partial charge on any atom is 0.254 e. The van der Waals surface area contributed by atoms with E-state index in [0.717, 1.165) is 31.7 Å². The quantitative estimate of drug-likeness (QED) is 0.902. The first-order valence-electron chi connectivity index (χ1n) is 7.89. The molecule has 1 unspecified atom stereocenters. The summed E-state index contributed by atoms with van der Waals surface area (Å²) < 4.78 is 0. The van der Waals surface area contributed by atoms with Crippen LogP contribution in [0.5, 0.6) is 0 Å². The van der Waals surface area contributed by atoms with Crippen molar-refractivity contribution in [2.24, 2.45) is 5.92 Å². The summed E-state index contributed by atoms with van der Waals surface area (Å²) in [4.78, 5) is 26.5. The van der Waals surface area contributed by atoms with Crippen LogP contribution in [0.2, 0.25) is 0 Å². The molecule has 1 saturated heterocycles. The normalized spacial score (nSPS) is 21.3. The first-order valence-corrected chi connectivity index (χ1v) is 7.89. The second-order valence-electron chi connectivity index (χ2n) is 6.05. The lowest BCUT2D eigenvalue weighted by molar-refractivity contribution is -0.124. The van der Waals surface area contributed by atoms with Gasteiger partial charge in [-0.3, -0.25) is 9.59 Å². The Morgan fingerprint density at radius 3 is 2.62 bits per heavy atom. The Labute approximate surface area is 125 Å². The SMILES string of the molecule is O=C(NCCC1CC1)C1CCCN1C(=O)c1ccccc1. The molecule has 3 rings (SSSR count). The van der Waals surface area contributed by atoms with Crippen LogP contribution in [0.3, 0.4) is 0 Å². The van der Waals surface area contributed by atoms with Crippen molar-refractivity contribution in [1.82, 2.24) is 10.2 Å². The monoisotopic (exact) mass is 286 g/mol. The van der Waals surface area contributed by atoms with Gasteiger partial charge in [0.25, 0.3) is 5.91 Å². The zero-order valence-electron chi connectivity index (χ0n) is 12.3. The highest BCUT2D eigenvalue weighted by atomic mass is 16.2. The number of nitrogens with one attached hydrogen (secondary N) is 1. The lowest BCUT2D eigenvalue weighted by Gasteiger charge is -2.24. The number of amides is 2. The van der Waals surface area contributed by atoms with Crippen LogP contribution in [0, 0.1) is 5.92 Å². The van der Waals surface area contributed by atoms with E-state index in [9.17, 15) is 9.59 Å². The predicted octanol–water partition coefficient (Wildman–Crippen LogP) is 2.21. The summed E-state index contributed by atoms with van der Waals surface area (Å²) in [5.74, 6) is 0.795. The van der Waals surface area contributed by atoms with Gasteiger partial charge >= 0.3 is 0 Å². The summed E-state index contributed by atoms with van der Waals surface area (Å²) in [5, 5.41) is 3.00. The molecule has 1 atom stereocenters. The van der Waals surface area contributed by atoms with Gasteiger partial charge in [0.05, 0.1) is 0 Å². The van der Waals surface area contributed by atoms with Crippen LogP contribution >= 0.6 is 0 Å². The van der Waals surface area contributed by atoms with Crippen molar-refractivity contribution in [3.63, 3.8) is 0 Å². The van der Waals surface area contributed by atoms with Crippen LogP contribution in [-0.2, 0) is 4.79 Å². The summed E-state index contributed by atoms with van der Waals surface area (Å²) in [6.45, 7) is 1.42. The van der Waals surface area contributed by atoms with E-state index in [-0.39, 0.29) is 17.9 Å². The lowest BCUT2D eigenvalue weighted by atomic mass is 10.1. The van der Waals surface area contributed by atoms with Crippen molar-refractivity contribution >= 4 is 11.8 Å². The number of carbonyl (C=O) groups is 2.